The lowest BCUT2D eigenvalue weighted by Crippen LogP contribution is -2.27. The van der Waals surface area contributed by atoms with Gasteiger partial charge in [-0.05, 0) is 48.9 Å². The summed E-state index contributed by atoms with van der Waals surface area (Å²) in [5.74, 6) is 1.15. The van der Waals surface area contributed by atoms with Crippen LogP contribution in [0.5, 0.6) is 5.75 Å². The third kappa shape index (κ3) is 4.31. The number of hydrogen-bond donors (Lipinski definition) is 1. The fourth-order valence-corrected chi connectivity index (χ4v) is 4.51. The van der Waals surface area contributed by atoms with Gasteiger partial charge in [0.1, 0.15) is 11.1 Å². The highest BCUT2D eigenvalue weighted by atomic mass is 32.2. The SMILES string of the molecule is CCOc1ccc(N2C(=O)CSC2c2cccc(NS(C)(=O)=O)c2)cc1. The highest BCUT2D eigenvalue weighted by Gasteiger charge is 2.34. The Kier molecular flexibility index (Phi) is 5.43. The Bertz CT molecular complexity index is 898. The number of ether oxygens (including phenoxy) is 1. The molecule has 1 saturated heterocycles. The second-order valence-corrected chi connectivity index (χ2v) is 8.67. The number of amides is 1. The van der Waals surface area contributed by atoms with Crippen molar-refractivity contribution in [3.63, 3.8) is 0 Å². The molecule has 138 valence electrons. The largest absolute Gasteiger partial charge is 0.494 e. The molecule has 1 aliphatic rings. The molecule has 1 N–H and O–H groups in total. The number of benzene rings is 2. The van der Waals surface area contributed by atoms with E-state index in [0.717, 1.165) is 23.3 Å². The van der Waals surface area contributed by atoms with Crippen molar-refractivity contribution >= 4 is 39.1 Å². The number of nitrogens with one attached hydrogen (secondary N) is 1. The molecule has 1 aliphatic heterocycles. The quantitative estimate of drug-likeness (QED) is 0.817. The van der Waals surface area contributed by atoms with Gasteiger partial charge in [-0.3, -0.25) is 14.4 Å². The number of thioether (sulfide) groups is 1. The molecule has 8 heteroatoms. The normalized spacial score (nSPS) is 17.4. The van der Waals surface area contributed by atoms with Gasteiger partial charge < -0.3 is 4.74 Å². The van der Waals surface area contributed by atoms with Crippen molar-refractivity contribution in [2.45, 2.75) is 12.3 Å². The van der Waals surface area contributed by atoms with Crippen LogP contribution in [0.2, 0.25) is 0 Å². The molecule has 26 heavy (non-hydrogen) atoms. The Morgan fingerprint density at radius 1 is 1.23 bits per heavy atom. The highest BCUT2D eigenvalue weighted by Crippen LogP contribution is 2.42. The van der Waals surface area contributed by atoms with E-state index in [1.54, 1.807) is 23.1 Å². The van der Waals surface area contributed by atoms with Gasteiger partial charge in [0, 0.05) is 11.4 Å². The molecule has 1 amide bonds. The number of rotatable bonds is 6. The van der Waals surface area contributed by atoms with E-state index < -0.39 is 10.0 Å². The zero-order chi connectivity index (χ0) is 18.7. The molecule has 0 bridgehead atoms. The fraction of sp³-hybridized carbons (Fsp3) is 0.278. The zero-order valence-corrected chi connectivity index (χ0v) is 16.1. The van der Waals surface area contributed by atoms with Gasteiger partial charge in [0.25, 0.3) is 0 Å². The molecular formula is C18H20N2O4S2. The van der Waals surface area contributed by atoms with Crippen LogP contribution in [0, 0.1) is 0 Å². The van der Waals surface area contributed by atoms with Crippen molar-refractivity contribution in [3.8, 4) is 5.75 Å². The Morgan fingerprint density at radius 2 is 1.96 bits per heavy atom. The molecule has 2 aromatic carbocycles. The van der Waals surface area contributed by atoms with Crippen LogP contribution in [0.4, 0.5) is 11.4 Å². The summed E-state index contributed by atoms with van der Waals surface area (Å²) < 4.78 is 30.9. The van der Waals surface area contributed by atoms with E-state index in [4.69, 9.17) is 4.74 Å². The average Bonchev–Trinajstić information content (AvgIpc) is 2.96. The lowest BCUT2D eigenvalue weighted by Gasteiger charge is -2.25. The maximum Gasteiger partial charge on any atom is 0.238 e. The minimum atomic E-state index is -3.36. The summed E-state index contributed by atoms with van der Waals surface area (Å²) in [7, 11) is -3.36. The van der Waals surface area contributed by atoms with Crippen LogP contribution in [-0.2, 0) is 14.8 Å². The van der Waals surface area contributed by atoms with Crippen molar-refractivity contribution in [1.29, 1.82) is 0 Å². The molecule has 1 unspecified atom stereocenters. The summed E-state index contributed by atoms with van der Waals surface area (Å²) in [5, 5.41) is -0.207. The molecule has 0 aromatic heterocycles. The third-order valence-electron chi connectivity index (χ3n) is 3.77. The molecule has 1 fully saturated rings. The smallest absolute Gasteiger partial charge is 0.238 e. The van der Waals surface area contributed by atoms with E-state index in [2.05, 4.69) is 4.72 Å². The van der Waals surface area contributed by atoms with Crippen LogP contribution in [0.25, 0.3) is 0 Å². The van der Waals surface area contributed by atoms with Crippen molar-refractivity contribution in [2.24, 2.45) is 0 Å². The second kappa shape index (κ2) is 7.59. The predicted octanol–water partition coefficient (Wildman–Crippen LogP) is 3.24. The standard InChI is InChI=1S/C18H20N2O4S2/c1-3-24-16-9-7-15(8-10-16)20-17(21)12-25-18(20)13-5-4-6-14(11-13)19-26(2,22)23/h4-11,18-19H,3,12H2,1-2H3. The number of hydrogen-bond acceptors (Lipinski definition) is 5. The van der Waals surface area contributed by atoms with Gasteiger partial charge in [0.05, 0.1) is 18.6 Å². The molecule has 0 spiro atoms. The van der Waals surface area contributed by atoms with Crippen LogP contribution in [-0.4, -0.2) is 32.9 Å². The molecule has 0 radical (unpaired) electrons. The molecular weight excluding hydrogens is 372 g/mol. The molecule has 1 heterocycles. The maximum atomic E-state index is 12.4. The third-order valence-corrected chi connectivity index (χ3v) is 5.59. The van der Waals surface area contributed by atoms with E-state index in [-0.39, 0.29) is 11.3 Å². The predicted molar refractivity (Wildman–Crippen MR) is 105 cm³/mol. The van der Waals surface area contributed by atoms with Gasteiger partial charge in [-0.15, -0.1) is 11.8 Å². The first-order valence-corrected chi connectivity index (χ1v) is 11.1. The van der Waals surface area contributed by atoms with Gasteiger partial charge in [0.2, 0.25) is 15.9 Å². The number of nitrogens with zero attached hydrogens (tertiary/aromatic N) is 1. The van der Waals surface area contributed by atoms with Crippen LogP contribution in [0.3, 0.4) is 0 Å². The average molecular weight is 393 g/mol. The fourth-order valence-electron chi connectivity index (χ4n) is 2.79. The Hall–Kier alpha value is -2.19. The highest BCUT2D eigenvalue weighted by molar-refractivity contribution is 8.00. The summed E-state index contributed by atoms with van der Waals surface area (Å²) in [4.78, 5) is 14.2. The molecule has 2 aromatic rings. The van der Waals surface area contributed by atoms with E-state index in [0.29, 0.717) is 18.0 Å². The minimum Gasteiger partial charge on any atom is -0.494 e. The van der Waals surface area contributed by atoms with Crippen LogP contribution in [0.15, 0.2) is 48.5 Å². The lowest BCUT2D eigenvalue weighted by molar-refractivity contribution is -0.115. The van der Waals surface area contributed by atoms with E-state index in [1.165, 1.54) is 11.8 Å². The van der Waals surface area contributed by atoms with Crippen molar-refractivity contribution in [3.05, 3.63) is 54.1 Å². The monoisotopic (exact) mass is 392 g/mol. The first-order chi connectivity index (χ1) is 12.4. The zero-order valence-electron chi connectivity index (χ0n) is 14.5. The van der Waals surface area contributed by atoms with Crippen molar-refractivity contribution < 1.29 is 17.9 Å². The lowest BCUT2D eigenvalue weighted by atomic mass is 10.1. The van der Waals surface area contributed by atoms with Gasteiger partial charge in [-0.25, -0.2) is 8.42 Å². The second-order valence-electron chi connectivity index (χ2n) is 5.85. The topological polar surface area (TPSA) is 75.7 Å². The summed E-state index contributed by atoms with van der Waals surface area (Å²) in [6, 6.07) is 14.5. The Labute approximate surface area is 157 Å². The molecule has 6 nitrogen and oxygen atoms in total. The van der Waals surface area contributed by atoms with Gasteiger partial charge in [0.15, 0.2) is 0 Å². The van der Waals surface area contributed by atoms with Crippen molar-refractivity contribution in [2.75, 3.05) is 28.2 Å². The Morgan fingerprint density at radius 3 is 2.62 bits per heavy atom. The van der Waals surface area contributed by atoms with Crippen molar-refractivity contribution in [1.82, 2.24) is 0 Å². The number of carbonyl (C=O) groups excluding carboxylic acids is 1. The number of carbonyl (C=O) groups is 1. The summed E-state index contributed by atoms with van der Waals surface area (Å²) >= 11 is 1.52. The number of anilines is 2. The van der Waals surface area contributed by atoms with Crippen LogP contribution >= 0.6 is 11.8 Å². The van der Waals surface area contributed by atoms with Crippen LogP contribution in [0.1, 0.15) is 17.9 Å². The summed E-state index contributed by atoms with van der Waals surface area (Å²) in [6.45, 7) is 2.50. The summed E-state index contributed by atoms with van der Waals surface area (Å²) in [5.41, 5.74) is 2.13. The number of sulfonamides is 1. The maximum absolute atomic E-state index is 12.4. The summed E-state index contributed by atoms with van der Waals surface area (Å²) in [6.07, 6.45) is 1.11. The van der Waals surface area contributed by atoms with E-state index in [1.807, 2.05) is 37.3 Å². The first kappa shape index (κ1) is 18.6. The van der Waals surface area contributed by atoms with Gasteiger partial charge >= 0.3 is 0 Å². The molecule has 0 saturated carbocycles. The van der Waals surface area contributed by atoms with E-state index in [9.17, 15) is 13.2 Å². The molecule has 3 rings (SSSR count). The van der Waals surface area contributed by atoms with Crippen LogP contribution < -0.4 is 14.4 Å². The molecule has 0 aliphatic carbocycles. The minimum absolute atomic E-state index is 0.0191. The van der Waals surface area contributed by atoms with Gasteiger partial charge in [-0.1, -0.05) is 12.1 Å². The first-order valence-electron chi connectivity index (χ1n) is 8.11. The Balaban J connectivity index is 1.89. The van der Waals surface area contributed by atoms with E-state index >= 15 is 0 Å². The molecule has 1 atom stereocenters. The van der Waals surface area contributed by atoms with Gasteiger partial charge in [-0.2, -0.15) is 0 Å².